The van der Waals surface area contributed by atoms with Crippen molar-refractivity contribution in [3.05, 3.63) is 42.4 Å². The third-order valence-corrected chi connectivity index (χ3v) is 5.41. The number of unbranched alkanes of at least 4 members (excludes halogenated alkanes) is 10. The van der Waals surface area contributed by atoms with E-state index in [1.54, 1.807) is 19.1 Å². The molecular weight excluding hydrogens is 372 g/mol. The summed E-state index contributed by atoms with van der Waals surface area (Å²) in [7, 11) is 0. The molecule has 0 fully saturated rings. The van der Waals surface area contributed by atoms with E-state index in [4.69, 9.17) is 4.74 Å². The molecule has 0 N–H and O–H groups in total. The zero-order chi connectivity index (χ0) is 21.4. The minimum Gasteiger partial charge on any atom is -0.427 e. The molecule has 0 aliphatic carbocycles. The quantitative estimate of drug-likeness (QED) is 0.175. The third-order valence-electron chi connectivity index (χ3n) is 5.41. The predicted octanol–water partition coefficient (Wildman–Crippen LogP) is 7.31. The normalized spacial score (nSPS) is 10.9. The molecule has 0 spiro atoms. The van der Waals surface area contributed by atoms with Crippen LogP contribution in [-0.4, -0.2) is 15.9 Å². The number of hydrogen-bond acceptors (Lipinski definition) is 4. The Morgan fingerprint density at radius 3 is 1.90 bits per heavy atom. The predicted molar refractivity (Wildman–Crippen MR) is 124 cm³/mol. The molecule has 2 rings (SSSR count). The lowest BCUT2D eigenvalue weighted by Gasteiger charge is -2.06. The second-order valence-corrected chi connectivity index (χ2v) is 8.03. The number of carbonyl (C=O) groups is 1. The molecule has 1 aromatic carbocycles. The minimum absolute atomic E-state index is 0.227. The lowest BCUT2D eigenvalue weighted by atomic mass is 10.0. The van der Waals surface area contributed by atoms with Gasteiger partial charge in [-0.25, -0.2) is 0 Å². The van der Waals surface area contributed by atoms with Crippen LogP contribution < -0.4 is 4.74 Å². The highest BCUT2D eigenvalue weighted by atomic mass is 16.5. The van der Waals surface area contributed by atoms with Gasteiger partial charge in [-0.3, -0.25) is 14.8 Å². The van der Waals surface area contributed by atoms with Gasteiger partial charge in [-0.05, 0) is 37.1 Å². The molecule has 1 aromatic heterocycles. The number of ether oxygens (including phenoxy) is 1. The van der Waals surface area contributed by atoms with Crippen molar-refractivity contribution in [1.29, 1.82) is 0 Å². The van der Waals surface area contributed by atoms with Crippen molar-refractivity contribution < 1.29 is 9.53 Å². The summed E-state index contributed by atoms with van der Waals surface area (Å²) in [6.45, 7) is 4.05. The molecule has 2 aromatic rings. The van der Waals surface area contributed by atoms with Crippen molar-refractivity contribution in [2.24, 2.45) is 0 Å². The second-order valence-electron chi connectivity index (χ2n) is 8.03. The van der Waals surface area contributed by atoms with E-state index in [0.29, 0.717) is 12.2 Å². The standard InChI is InChI=1S/C26H38N2O2/c1-3-5-6-7-8-9-10-11-12-13-14-15-23-20-28-25(21-27-23)22-16-18-24(19-17-22)30-26(29)4-2/h16-21H,3-15H2,1-2H3. The molecule has 0 unspecified atom stereocenters. The lowest BCUT2D eigenvalue weighted by molar-refractivity contribution is -0.134. The summed E-state index contributed by atoms with van der Waals surface area (Å²) < 4.78 is 5.20. The smallest absolute Gasteiger partial charge is 0.310 e. The van der Waals surface area contributed by atoms with E-state index in [2.05, 4.69) is 16.9 Å². The molecule has 1 heterocycles. The monoisotopic (exact) mass is 410 g/mol. The molecule has 0 aliphatic rings. The third kappa shape index (κ3) is 9.51. The average Bonchev–Trinajstić information content (AvgIpc) is 2.78. The fraction of sp³-hybridized carbons (Fsp3) is 0.577. The summed E-state index contributed by atoms with van der Waals surface area (Å²) in [4.78, 5) is 20.5. The maximum Gasteiger partial charge on any atom is 0.310 e. The Bertz CT molecular complexity index is 711. The van der Waals surface area contributed by atoms with Crippen LogP contribution in [0.5, 0.6) is 5.75 Å². The fourth-order valence-electron chi connectivity index (χ4n) is 3.50. The number of carbonyl (C=O) groups excluding carboxylic acids is 1. The van der Waals surface area contributed by atoms with Gasteiger partial charge in [0.1, 0.15) is 5.75 Å². The summed E-state index contributed by atoms with van der Waals surface area (Å²) in [5.74, 6) is 0.334. The van der Waals surface area contributed by atoms with Crippen molar-refractivity contribution in [2.75, 3.05) is 0 Å². The molecular formula is C26H38N2O2. The van der Waals surface area contributed by atoms with Gasteiger partial charge in [-0.1, -0.05) is 78.1 Å². The number of hydrogen-bond donors (Lipinski definition) is 0. The highest BCUT2D eigenvalue weighted by Gasteiger charge is 2.04. The van der Waals surface area contributed by atoms with Crippen molar-refractivity contribution >= 4 is 5.97 Å². The van der Waals surface area contributed by atoms with Crippen LogP contribution in [-0.2, 0) is 11.2 Å². The summed E-state index contributed by atoms with van der Waals surface area (Å²) in [6.07, 6.45) is 20.0. The van der Waals surface area contributed by atoms with E-state index in [1.807, 2.05) is 24.5 Å². The van der Waals surface area contributed by atoms with Crippen LogP contribution in [0.2, 0.25) is 0 Å². The van der Waals surface area contributed by atoms with E-state index in [0.717, 1.165) is 23.4 Å². The number of nitrogens with zero attached hydrogens (tertiary/aromatic N) is 2. The van der Waals surface area contributed by atoms with Crippen molar-refractivity contribution in [3.8, 4) is 17.0 Å². The van der Waals surface area contributed by atoms with Crippen LogP contribution in [0.3, 0.4) is 0 Å². The van der Waals surface area contributed by atoms with Gasteiger partial charge in [0.2, 0.25) is 0 Å². The Hall–Kier alpha value is -2.23. The van der Waals surface area contributed by atoms with Crippen LogP contribution in [0.1, 0.15) is 96.6 Å². The zero-order valence-corrected chi connectivity index (χ0v) is 18.9. The van der Waals surface area contributed by atoms with Gasteiger partial charge in [0, 0.05) is 18.2 Å². The van der Waals surface area contributed by atoms with Crippen LogP contribution in [0.4, 0.5) is 0 Å². The van der Waals surface area contributed by atoms with Gasteiger partial charge in [0.15, 0.2) is 0 Å². The zero-order valence-electron chi connectivity index (χ0n) is 18.9. The van der Waals surface area contributed by atoms with Crippen molar-refractivity contribution in [1.82, 2.24) is 9.97 Å². The Labute approximate surface area is 182 Å². The SMILES string of the molecule is CCCCCCCCCCCCCc1cnc(-c2ccc(OC(=O)CC)cc2)cn1. The number of aromatic nitrogens is 2. The number of benzene rings is 1. The Kier molecular flexibility index (Phi) is 11.8. The van der Waals surface area contributed by atoms with Gasteiger partial charge < -0.3 is 4.74 Å². The molecule has 0 bridgehead atoms. The molecule has 0 radical (unpaired) electrons. The molecule has 4 nitrogen and oxygen atoms in total. The van der Waals surface area contributed by atoms with Crippen LogP contribution in [0.15, 0.2) is 36.7 Å². The van der Waals surface area contributed by atoms with Crippen LogP contribution >= 0.6 is 0 Å². The molecule has 4 heteroatoms. The van der Waals surface area contributed by atoms with E-state index >= 15 is 0 Å². The first-order valence-electron chi connectivity index (χ1n) is 11.8. The van der Waals surface area contributed by atoms with E-state index in [1.165, 1.54) is 70.6 Å². The van der Waals surface area contributed by atoms with Gasteiger partial charge in [0.25, 0.3) is 0 Å². The number of rotatable bonds is 15. The Morgan fingerprint density at radius 1 is 0.767 bits per heavy atom. The van der Waals surface area contributed by atoms with E-state index < -0.39 is 0 Å². The fourth-order valence-corrected chi connectivity index (χ4v) is 3.50. The molecule has 0 aliphatic heterocycles. The van der Waals surface area contributed by atoms with Crippen molar-refractivity contribution in [3.63, 3.8) is 0 Å². The first-order valence-corrected chi connectivity index (χ1v) is 11.8. The summed E-state index contributed by atoms with van der Waals surface area (Å²) >= 11 is 0. The van der Waals surface area contributed by atoms with Crippen LogP contribution in [0.25, 0.3) is 11.3 Å². The summed E-state index contributed by atoms with van der Waals surface area (Å²) in [5.41, 5.74) is 2.87. The Balaban J connectivity index is 1.61. The summed E-state index contributed by atoms with van der Waals surface area (Å²) in [5, 5.41) is 0. The summed E-state index contributed by atoms with van der Waals surface area (Å²) in [6, 6.07) is 7.41. The topological polar surface area (TPSA) is 52.1 Å². The molecule has 30 heavy (non-hydrogen) atoms. The van der Waals surface area contributed by atoms with Crippen molar-refractivity contribution in [2.45, 2.75) is 97.3 Å². The van der Waals surface area contributed by atoms with Gasteiger partial charge in [-0.2, -0.15) is 0 Å². The first kappa shape index (κ1) is 24.0. The highest BCUT2D eigenvalue weighted by Crippen LogP contribution is 2.21. The molecule has 0 atom stereocenters. The maximum absolute atomic E-state index is 11.3. The second kappa shape index (κ2) is 14.7. The number of aryl methyl sites for hydroxylation is 1. The minimum atomic E-state index is -0.227. The van der Waals surface area contributed by atoms with E-state index in [9.17, 15) is 4.79 Å². The largest absolute Gasteiger partial charge is 0.427 e. The maximum atomic E-state index is 11.3. The Morgan fingerprint density at radius 2 is 1.37 bits per heavy atom. The lowest BCUT2D eigenvalue weighted by Crippen LogP contribution is -2.05. The van der Waals surface area contributed by atoms with Crippen LogP contribution in [0, 0.1) is 0 Å². The van der Waals surface area contributed by atoms with Gasteiger partial charge in [-0.15, -0.1) is 0 Å². The van der Waals surface area contributed by atoms with E-state index in [-0.39, 0.29) is 5.97 Å². The highest BCUT2D eigenvalue weighted by molar-refractivity contribution is 5.72. The first-order chi connectivity index (χ1) is 14.7. The van der Waals surface area contributed by atoms with Gasteiger partial charge in [0.05, 0.1) is 17.6 Å². The van der Waals surface area contributed by atoms with Gasteiger partial charge >= 0.3 is 5.97 Å². The molecule has 0 amide bonds. The average molecular weight is 411 g/mol. The number of esters is 1. The molecule has 164 valence electrons. The molecule has 0 saturated carbocycles. The molecule has 0 saturated heterocycles.